The van der Waals surface area contributed by atoms with Crippen LogP contribution in [0, 0.1) is 0 Å². The van der Waals surface area contributed by atoms with Gasteiger partial charge in [0, 0.05) is 33.1 Å². The van der Waals surface area contributed by atoms with E-state index in [0.717, 1.165) is 0 Å². The summed E-state index contributed by atoms with van der Waals surface area (Å²) in [4.78, 5) is 150. The van der Waals surface area contributed by atoms with E-state index in [1.165, 1.54) is 27.7 Å². The normalized spacial score (nSPS) is 14.4. The molecule has 35 heteroatoms. The average Bonchev–Trinajstić information content (AvgIpc) is 3.55. The summed E-state index contributed by atoms with van der Waals surface area (Å²) in [5.41, 5.74) is 60.5. The number of aliphatic imine (C=N–C) groups is 4. The van der Waals surface area contributed by atoms with Gasteiger partial charge in [0.05, 0.1) is 6.10 Å². The van der Waals surface area contributed by atoms with Crippen LogP contribution in [0.4, 0.5) is 0 Å². The Morgan fingerprint density at radius 3 is 0.831 bits per heavy atom. The first-order valence-electron chi connectivity index (χ1n) is 27.3. The van der Waals surface area contributed by atoms with Gasteiger partial charge in [-0.25, -0.2) is 0 Å². The molecule has 472 valence electrons. The van der Waals surface area contributed by atoms with Crippen molar-refractivity contribution in [1.82, 2.24) is 47.9 Å². The Kier molecular flexibility index (Phi) is 37.4. The van der Waals surface area contributed by atoms with Gasteiger partial charge in [-0.15, -0.1) is 0 Å². The molecular formula is C48H94N24O11. The van der Waals surface area contributed by atoms with Crippen molar-refractivity contribution in [2.24, 2.45) is 83.0 Å². The minimum atomic E-state index is -1.53. The number of rotatable bonds is 43. The number of amides is 10. The molecule has 35 nitrogen and oxygen atoms in total. The van der Waals surface area contributed by atoms with Crippen LogP contribution in [0.15, 0.2) is 20.0 Å². The van der Waals surface area contributed by atoms with Crippen LogP contribution in [-0.4, -0.2) is 188 Å². The number of nitrogens with one attached hydrogen (secondary N) is 9. The second kappa shape index (κ2) is 41.6. The molecule has 0 aliphatic carbocycles. The van der Waals surface area contributed by atoms with Crippen LogP contribution < -0.4 is 111 Å². The topological polar surface area (TPSA) is 635 Å². The number of guanidine groups is 4. The highest BCUT2D eigenvalue weighted by molar-refractivity contribution is 5.98. The monoisotopic (exact) mass is 1180 g/mol. The van der Waals surface area contributed by atoms with Crippen LogP contribution >= 0.6 is 0 Å². The molecule has 0 spiro atoms. The zero-order valence-corrected chi connectivity index (χ0v) is 48.1. The van der Waals surface area contributed by atoms with E-state index in [1.807, 2.05) is 0 Å². The molecule has 0 aromatic heterocycles. The van der Waals surface area contributed by atoms with E-state index in [-0.39, 0.29) is 121 Å². The van der Waals surface area contributed by atoms with Gasteiger partial charge in [-0.2, -0.15) is 0 Å². The van der Waals surface area contributed by atoms with Gasteiger partial charge in [0.25, 0.3) is 0 Å². The largest absolute Gasteiger partial charge is 0.391 e. The van der Waals surface area contributed by atoms with Crippen LogP contribution in [0.1, 0.15) is 118 Å². The second-order valence-electron chi connectivity index (χ2n) is 19.5. The van der Waals surface area contributed by atoms with Crippen molar-refractivity contribution >= 4 is 82.9 Å². The number of nitrogens with two attached hydrogens (primary N) is 11. The fraction of sp³-hybridized carbons (Fsp3) is 0.708. The zero-order valence-electron chi connectivity index (χ0n) is 48.1. The van der Waals surface area contributed by atoms with Gasteiger partial charge in [-0.05, 0) is 124 Å². The number of aliphatic hydroxyl groups is 1. The highest BCUT2D eigenvalue weighted by atomic mass is 16.3. The fourth-order valence-corrected chi connectivity index (χ4v) is 7.71. The lowest BCUT2D eigenvalue weighted by Gasteiger charge is -2.28. The van der Waals surface area contributed by atoms with Crippen molar-refractivity contribution in [3.63, 3.8) is 0 Å². The van der Waals surface area contributed by atoms with E-state index in [1.54, 1.807) is 0 Å². The molecule has 0 heterocycles. The summed E-state index contributed by atoms with van der Waals surface area (Å²) >= 11 is 0. The molecule has 0 fully saturated rings. The van der Waals surface area contributed by atoms with Crippen LogP contribution in [0.25, 0.3) is 0 Å². The molecule has 0 aromatic rings. The lowest BCUT2D eigenvalue weighted by molar-refractivity contribution is -0.136. The van der Waals surface area contributed by atoms with Crippen molar-refractivity contribution in [3.05, 3.63) is 0 Å². The van der Waals surface area contributed by atoms with Crippen LogP contribution in [-0.2, 0) is 47.9 Å². The van der Waals surface area contributed by atoms with Gasteiger partial charge in [0.15, 0.2) is 23.8 Å². The maximum atomic E-state index is 14.3. The third-order valence-electron chi connectivity index (χ3n) is 12.1. The van der Waals surface area contributed by atoms with Gasteiger partial charge < -0.3 is 116 Å². The molecule has 0 radical (unpaired) electrons. The smallest absolute Gasteiger partial charge is 0.243 e. The molecule has 0 unspecified atom stereocenters. The molecule has 0 aromatic carbocycles. The fourth-order valence-electron chi connectivity index (χ4n) is 7.71. The summed E-state index contributed by atoms with van der Waals surface area (Å²) in [6.07, 6.45) is 0.622. The van der Waals surface area contributed by atoms with Crippen LogP contribution in [0.5, 0.6) is 0 Å². The summed E-state index contributed by atoms with van der Waals surface area (Å²) in [5, 5.41) is 33.1. The Hall–Kier alpha value is -8.34. The van der Waals surface area contributed by atoms with Crippen molar-refractivity contribution in [2.45, 2.75) is 178 Å². The predicted molar refractivity (Wildman–Crippen MR) is 311 cm³/mol. The van der Waals surface area contributed by atoms with Crippen molar-refractivity contribution < 1.29 is 53.1 Å². The van der Waals surface area contributed by atoms with Gasteiger partial charge in [-0.1, -0.05) is 0 Å². The number of carbonyl (C=O) groups excluding carboxylic acids is 10. The Morgan fingerprint density at radius 2 is 0.590 bits per heavy atom. The Balaban J connectivity index is 6.80. The molecule has 0 aliphatic heterocycles. The lowest BCUT2D eigenvalue weighted by Crippen LogP contribution is -2.60. The number of nitrogens with zero attached hydrogens (tertiary/aromatic N) is 4. The molecule has 32 N–H and O–H groups in total. The molecule has 10 atom stereocenters. The van der Waals surface area contributed by atoms with E-state index in [4.69, 9.17) is 63.1 Å². The van der Waals surface area contributed by atoms with E-state index < -0.39 is 120 Å². The predicted octanol–water partition coefficient (Wildman–Crippen LogP) is -9.25. The summed E-state index contributed by atoms with van der Waals surface area (Å²) in [6.45, 7) is 5.80. The van der Waals surface area contributed by atoms with Crippen molar-refractivity contribution in [3.8, 4) is 0 Å². The molecule has 0 saturated heterocycles. The SMILES string of the molecule is CC(=O)N[C@@H](CCCN=C(N)N)C(=O)N[C@@H](C)C(=O)N[C@@H](CCCN=C(N)N)C(=O)N[C@@H](C)C(=O)N[C@@H](CCCN=C(N)N)C(=O)N[C@@H](CCCCN)C(=O)N[C@@H](CCCCN)C(=O)N[C@@H](CCCN=C(N)N)C(=O)N[C@H](C(N)=O)[C@@H](C)O. The number of unbranched alkanes of at least 4 members (excludes halogenated alkanes) is 2. The molecule has 10 amide bonds. The standard InChI is InChI=1S/C48H94N24O11/c1-25(64-39(78)29(66-28(4)74)15-9-21-60-45(52)53)37(76)67-32(16-10-22-61-46(54)55)40(79)65-26(2)38(77)68-33(17-11-23-62-47(56)57)43(82)70-30(13-5-7-19-49)41(80)69-31(14-6-8-20-50)42(81)71-34(18-12-24-63-48(58)59)44(83)72-35(27(3)73)36(51)75/h25-27,29-35,73H,5-24,49-50H2,1-4H3,(H2,51,75)(H,64,78)(H,65,79)(H,66,74)(H,67,76)(H,68,77)(H,69,80)(H,70,82)(H,71,81)(H,72,83)(H4,52,53,60)(H4,54,55,61)(H4,56,57,62)(H4,58,59,63)/t25-,26-,27+,29-,30-,31-,32-,33-,34-,35-/m0/s1. The van der Waals surface area contributed by atoms with Gasteiger partial charge in [-0.3, -0.25) is 67.9 Å². The second-order valence-corrected chi connectivity index (χ2v) is 19.5. The Bertz CT molecular complexity index is 2220. The third-order valence-corrected chi connectivity index (χ3v) is 12.1. The minimum absolute atomic E-state index is 0.00560. The van der Waals surface area contributed by atoms with E-state index >= 15 is 0 Å². The van der Waals surface area contributed by atoms with Crippen LogP contribution in [0.2, 0.25) is 0 Å². The molecule has 0 aliphatic rings. The quantitative estimate of drug-likeness (QED) is 0.0153. The number of carbonyl (C=O) groups is 10. The first-order chi connectivity index (χ1) is 39.0. The Labute approximate surface area is 483 Å². The summed E-state index contributed by atoms with van der Waals surface area (Å²) in [5.74, 6) is -9.14. The van der Waals surface area contributed by atoms with Gasteiger partial charge in [0.2, 0.25) is 59.1 Å². The number of primary amides is 1. The highest BCUT2D eigenvalue weighted by Gasteiger charge is 2.34. The lowest BCUT2D eigenvalue weighted by atomic mass is 10.0. The first-order valence-corrected chi connectivity index (χ1v) is 27.3. The minimum Gasteiger partial charge on any atom is -0.391 e. The maximum Gasteiger partial charge on any atom is 0.243 e. The average molecular weight is 1180 g/mol. The van der Waals surface area contributed by atoms with E-state index in [9.17, 15) is 53.1 Å². The highest BCUT2D eigenvalue weighted by Crippen LogP contribution is 2.11. The number of aliphatic hydroxyl groups excluding tert-OH is 1. The summed E-state index contributed by atoms with van der Waals surface area (Å²) < 4.78 is 0. The summed E-state index contributed by atoms with van der Waals surface area (Å²) in [6, 6.07) is -12.0. The third kappa shape index (κ3) is 33.9. The van der Waals surface area contributed by atoms with Gasteiger partial charge >= 0.3 is 0 Å². The number of hydrogen-bond acceptors (Lipinski definition) is 17. The molecular weight excluding hydrogens is 1090 g/mol. The summed E-state index contributed by atoms with van der Waals surface area (Å²) in [7, 11) is 0. The molecule has 83 heavy (non-hydrogen) atoms. The Morgan fingerprint density at radius 1 is 0.349 bits per heavy atom. The molecule has 0 saturated carbocycles. The first kappa shape index (κ1) is 74.7. The zero-order chi connectivity index (χ0) is 63.2. The van der Waals surface area contributed by atoms with E-state index in [0.29, 0.717) is 32.1 Å². The van der Waals surface area contributed by atoms with E-state index in [2.05, 4.69) is 67.8 Å². The van der Waals surface area contributed by atoms with Gasteiger partial charge in [0.1, 0.15) is 54.4 Å². The molecule has 0 bridgehead atoms. The van der Waals surface area contributed by atoms with Crippen molar-refractivity contribution in [1.29, 1.82) is 0 Å². The maximum absolute atomic E-state index is 14.3. The number of hydrogen-bond donors (Lipinski definition) is 21. The van der Waals surface area contributed by atoms with Crippen LogP contribution in [0.3, 0.4) is 0 Å². The van der Waals surface area contributed by atoms with Crippen molar-refractivity contribution in [2.75, 3.05) is 39.3 Å². The molecule has 0 rings (SSSR count).